The highest BCUT2D eigenvalue weighted by molar-refractivity contribution is 9.10. The summed E-state index contributed by atoms with van der Waals surface area (Å²) < 4.78 is 13.9. The molecule has 1 saturated carbocycles. The summed E-state index contributed by atoms with van der Waals surface area (Å²) in [6.45, 7) is 1.69. The second kappa shape index (κ2) is 5.68. The molecule has 0 atom stereocenters. The molecule has 0 bridgehead atoms. The van der Waals surface area contributed by atoms with E-state index in [2.05, 4.69) is 21.2 Å². The first-order valence-electron chi connectivity index (χ1n) is 5.85. The first-order chi connectivity index (χ1) is 8.13. The van der Waals surface area contributed by atoms with Gasteiger partial charge in [0.05, 0.1) is 0 Å². The normalized spacial score (nSPS) is 17.1. The maximum atomic E-state index is 13.1. The zero-order chi connectivity index (χ0) is 12.3. The number of nitrogens with one attached hydrogen (secondary N) is 1. The fourth-order valence-electron chi connectivity index (χ4n) is 2.08. The van der Waals surface area contributed by atoms with Crippen molar-refractivity contribution in [2.75, 3.05) is 12.4 Å². The summed E-state index contributed by atoms with van der Waals surface area (Å²) in [4.78, 5) is 0. The SMILES string of the molecule is Fc1cc(Br)cc(CNCC2(CCCl)CC2)c1. The fourth-order valence-corrected chi connectivity index (χ4v) is 2.99. The summed E-state index contributed by atoms with van der Waals surface area (Å²) in [6, 6.07) is 4.98. The molecule has 1 aromatic carbocycles. The van der Waals surface area contributed by atoms with Crippen LogP contribution in [0.1, 0.15) is 24.8 Å². The van der Waals surface area contributed by atoms with E-state index in [4.69, 9.17) is 11.6 Å². The first kappa shape index (κ1) is 13.3. The van der Waals surface area contributed by atoms with Crippen molar-refractivity contribution < 1.29 is 4.39 Å². The lowest BCUT2D eigenvalue weighted by Gasteiger charge is -2.14. The molecule has 17 heavy (non-hydrogen) atoms. The molecule has 0 spiro atoms. The van der Waals surface area contributed by atoms with Crippen molar-refractivity contribution in [3.05, 3.63) is 34.1 Å². The minimum absolute atomic E-state index is 0.196. The minimum atomic E-state index is -0.196. The number of alkyl halides is 1. The van der Waals surface area contributed by atoms with Crippen LogP contribution in [-0.2, 0) is 6.54 Å². The van der Waals surface area contributed by atoms with Gasteiger partial charge >= 0.3 is 0 Å². The van der Waals surface area contributed by atoms with Crippen LogP contribution in [-0.4, -0.2) is 12.4 Å². The van der Waals surface area contributed by atoms with E-state index in [-0.39, 0.29) is 5.82 Å². The molecule has 1 aromatic rings. The van der Waals surface area contributed by atoms with E-state index in [1.165, 1.54) is 18.9 Å². The molecule has 0 amide bonds. The number of halogens is 3. The summed E-state index contributed by atoms with van der Waals surface area (Å²) in [7, 11) is 0. The van der Waals surface area contributed by atoms with E-state index in [9.17, 15) is 4.39 Å². The van der Waals surface area contributed by atoms with Gasteiger partial charge in [0.2, 0.25) is 0 Å². The van der Waals surface area contributed by atoms with Gasteiger partial charge in [0, 0.05) is 23.4 Å². The van der Waals surface area contributed by atoms with Gasteiger partial charge in [0.1, 0.15) is 5.82 Å². The van der Waals surface area contributed by atoms with Crippen LogP contribution in [0, 0.1) is 11.2 Å². The van der Waals surface area contributed by atoms with Crippen molar-refractivity contribution in [3.8, 4) is 0 Å². The van der Waals surface area contributed by atoms with Crippen LogP contribution in [0.5, 0.6) is 0 Å². The monoisotopic (exact) mass is 319 g/mol. The van der Waals surface area contributed by atoms with Crippen molar-refractivity contribution in [2.24, 2.45) is 5.41 Å². The Bertz CT molecular complexity index is 373. The Labute approximate surface area is 115 Å². The molecular weight excluding hydrogens is 305 g/mol. The molecular formula is C13H16BrClFN. The number of hydrogen-bond donors (Lipinski definition) is 1. The zero-order valence-corrected chi connectivity index (χ0v) is 12.0. The van der Waals surface area contributed by atoms with E-state index in [1.54, 1.807) is 6.07 Å². The second-order valence-corrected chi connectivity index (χ2v) is 6.11. The highest BCUT2D eigenvalue weighted by Crippen LogP contribution is 2.48. The molecule has 1 aliphatic carbocycles. The zero-order valence-electron chi connectivity index (χ0n) is 9.61. The van der Waals surface area contributed by atoms with E-state index < -0.39 is 0 Å². The van der Waals surface area contributed by atoms with Gasteiger partial charge in [-0.05, 0) is 48.4 Å². The molecule has 1 nitrogen and oxygen atoms in total. The van der Waals surface area contributed by atoms with Crippen molar-refractivity contribution in [3.63, 3.8) is 0 Å². The quantitative estimate of drug-likeness (QED) is 0.779. The van der Waals surface area contributed by atoms with Crippen LogP contribution in [0.4, 0.5) is 4.39 Å². The van der Waals surface area contributed by atoms with E-state index in [0.717, 1.165) is 28.9 Å². The third-order valence-electron chi connectivity index (χ3n) is 3.33. The topological polar surface area (TPSA) is 12.0 Å². The lowest BCUT2D eigenvalue weighted by molar-refractivity contribution is 0.445. The van der Waals surface area contributed by atoms with Crippen LogP contribution in [0.2, 0.25) is 0 Å². The highest BCUT2D eigenvalue weighted by Gasteiger charge is 2.40. The molecule has 0 aromatic heterocycles. The summed E-state index contributed by atoms with van der Waals surface area (Å²) in [5.74, 6) is 0.533. The molecule has 1 aliphatic rings. The Morgan fingerprint density at radius 3 is 2.71 bits per heavy atom. The van der Waals surface area contributed by atoms with Crippen molar-refractivity contribution >= 4 is 27.5 Å². The number of rotatable bonds is 6. The van der Waals surface area contributed by atoms with Gasteiger partial charge in [0.25, 0.3) is 0 Å². The molecule has 0 saturated heterocycles. The predicted molar refractivity (Wildman–Crippen MR) is 72.8 cm³/mol. The third-order valence-corrected chi connectivity index (χ3v) is 3.98. The van der Waals surface area contributed by atoms with Gasteiger partial charge in [-0.1, -0.05) is 15.9 Å². The van der Waals surface area contributed by atoms with E-state index >= 15 is 0 Å². The Kier molecular flexibility index (Phi) is 4.45. The molecule has 1 N–H and O–H groups in total. The Hall–Kier alpha value is -0.120. The van der Waals surface area contributed by atoms with Gasteiger partial charge in [-0.3, -0.25) is 0 Å². The molecule has 2 rings (SSSR count). The van der Waals surface area contributed by atoms with Gasteiger partial charge in [0.15, 0.2) is 0 Å². The van der Waals surface area contributed by atoms with Gasteiger partial charge in [-0.2, -0.15) is 0 Å². The summed E-state index contributed by atoms with van der Waals surface area (Å²) in [6.07, 6.45) is 3.60. The molecule has 1 fully saturated rings. The Balaban J connectivity index is 1.82. The molecule has 0 aliphatic heterocycles. The molecule has 0 radical (unpaired) electrons. The van der Waals surface area contributed by atoms with Crippen LogP contribution < -0.4 is 5.32 Å². The van der Waals surface area contributed by atoms with Gasteiger partial charge in [-0.25, -0.2) is 4.39 Å². The number of hydrogen-bond acceptors (Lipinski definition) is 1. The minimum Gasteiger partial charge on any atom is -0.312 e. The van der Waals surface area contributed by atoms with Crippen LogP contribution >= 0.6 is 27.5 Å². The number of benzene rings is 1. The maximum absolute atomic E-state index is 13.1. The Morgan fingerprint density at radius 2 is 2.12 bits per heavy atom. The summed E-state index contributed by atoms with van der Waals surface area (Å²) >= 11 is 9.08. The average Bonchev–Trinajstić information content (AvgIpc) is 2.97. The molecule has 94 valence electrons. The predicted octanol–water partition coefficient (Wildman–Crippen LogP) is 4.09. The third kappa shape index (κ3) is 3.94. The summed E-state index contributed by atoms with van der Waals surface area (Å²) in [5, 5.41) is 3.40. The summed E-state index contributed by atoms with van der Waals surface area (Å²) in [5.41, 5.74) is 1.39. The highest BCUT2D eigenvalue weighted by atomic mass is 79.9. The van der Waals surface area contributed by atoms with E-state index in [0.29, 0.717) is 12.0 Å². The first-order valence-corrected chi connectivity index (χ1v) is 7.18. The van der Waals surface area contributed by atoms with Gasteiger partial charge in [-0.15, -0.1) is 11.6 Å². The maximum Gasteiger partial charge on any atom is 0.124 e. The van der Waals surface area contributed by atoms with E-state index in [1.807, 2.05) is 6.07 Å². The fraction of sp³-hybridized carbons (Fsp3) is 0.538. The standard InChI is InChI=1S/C13H16BrClFN/c14-11-5-10(6-12(16)7-11)8-17-9-13(1-2-13)3-4-15/h5-7,17H,1-4,8-9H2. The molecule has 4 heteroatoms. The largest absolute Gasteiger partial charge is 0.312 e. The van der Waals surface area contributed by atoms with Crippen LogP contribution in [0.15, 0.2) is 22.7 Å². The Morgan fingerprint density at radius 1 is 1.35 bits per heavy atom. The smallest absolute Gasteiger partial charge is 0.124 e. The van der Waals surface area contributed by atoms with Crippen LogP contribution in [0.3, 0.4) is 0 Å². The molecule has 0 unspecified atom stereocenters. The molecule has 0 heterocycles. The van der Waals surface area contributed by atoms with Crippen LogP contribution in [0.25, 0.3) is 0 Å². The second-order valence-electron chi connectivity index (χ2n) is 4.82. The average molecular weight is 321 g/mol. The lowest BCUT2D eigenvalue weighted by atomic mass is 10.0. The van der Waals surface area contributed by atoms with Gasteiger partial charge < -0.3 is 5.32 Å². The van der Waals surface area contributed by atoms with Crippen molar-refractivity contribution in [1.82, 2.24) is 5.32 Å². The van der Waals surface area contributed by atoms with Crippen molar-refractivity contribution in [2.45, 2.75) is 25.8 Å². The van der Waals surface area contributed by atoms with Crippen molar-refractivity contribution in [1.29, 1.82) is 0 Å². The lowest BCUT2D eigenvalue weighted by Crippen LogP contribution is -2.24.